The van der Waals surface area contributed by atoms with Crippen LogP contribution in [-0.2, 0) is 9.59 Å². The van der Waals surface area contributed by atoms with Crippen LogP contribution >= 0.6 is 0 Å². The van der Waals surface area contributed by atoms with Crippen molar-refractivity contribution in [2.75, 3.05) is 25.0 Å². The van der Waals surface area contributed by atoms with Crippen LogP contribution in [0, 0.1) is 17.7 Å². The molecule has 1 aromatic rings. The average Bonchev–Trinajstić information content (AvgIpc) is 2.73. The predicted octanol–water partition coefficient (Wildman–Crippen LogP) is 1.42. The number of para-hydroxylation sites is 1. The summed E-state index contributed by atoms with van der Waals surface area (Å²) in [5.41, 5.74) is 0.138. The lowest BCUT2D eigenvalue weighted by Gasteiger charge is -2.15. The molecule has 1 fully saturated rings. The molecular formula is C14H17FN2O3. The number of carboxylic acid groups (broad SMARTS) is 1. The van der Waals surface area contributed by atoms with Gasteiger partial charge in [-0.2, -0.15) is 0 Å². The summed E-state index contributed by atoms with van der Waals surface area (Å²) in [7, 11) is 0. The van der Waals surface area contributed by atoms with Gasteiger partial charge in [-0.3, -0.25) is 14.5 Å². The monoisotopic (exact) mass is 280 g/mol. The van der Waals surface area contributed by atoms with E-state index in [4.69, 9.17) is 5.11 Å². The van der Waals surface area contributed by atoms with Gasteiger partial charge in [-0.1, -0.05) is 19.1 Å². The Kier molecular flexibility index (Phi) is 4.34. The minimum Gasteiger partial charge on any atom is -0.481 e. The van der Waals surface area contributed by atoms with Crippen molar-refractivity contribution < 1.29 is 19.1 Å². The van der Waals surface area contributed by atoms with E-state index in [1.165, 1.54) is 12.1 Å². The lowest BCUT2D eigenvalue weighted by molar-refractivity contribution is -0.142. The van der Waals surface area contributed by atoms with E-state index >= 15 is 0 Å². The van der Waals surface area contributed by atoms with Crippen LogP contribution in [0.1, 0.15) is 6.92 Å². The van der Waals surface area contributed by atoms with Crippen molar-refractivity contribution in [1.29, 1.82) is 0 Å². The largest absolute Gasteiger partial charge is 0.481 e. The number of hydrogen-bond donors (Lipinski definition) is 2. The van der Waals surface area contributed by atoms with Crippen LogP contribution in [0.4, 0.5) is 10.1 Å². The number of amides is 1. The number of benzene rings is 1. The molecule has 2 rings (SSSR count). The highest BCUT2D eigenvalue weighted by molar-refractivity contribution is 5.92. The van der Waals surface area contributed by atoms with Crippen LogP contribution in [0.5, 0.6) is 0 Å². The van der Waals surface area contributed by atoms with Crippen LogP contribution in [0.25, 0.3) is 0 Å². The third-order valence-corrected chi connectivity index (χ3v) is 3.52. The molecule has 1 amide bonds. The van der Waals surface area contributed by atoms with E-state index in [1.807, 2.05) is 6.92 Å². The van der Waals surface area contributed by atoms with Gasteiger partial charge in [0.05, 0.1) is 18.2 Å². The Balaban J connectivity index is 1.90. The van der Waals surface area contributed by atoms with Crippen LogP contribution in [-0.4, -0.2) is 41.5 Å². The summed E-state index contributed by atoms with van der Waals surface area (Å²) in [6.07, 6.45) is 0. The zero-order valence-electron chi connectivity index (χ0n) is 11.2. The molecule has 2 atom stereocenters. The van der Waals surface area contributed by atoms with Crippen molar-refractivity contribution in [3.8, 4) is 0 Å². The molecule has 1 saturated heterocycles. The molecular weight excluding hydrogens is 263 g/mol. The second-order valence-corrected chi connectivity index (χ2v) is 5.14. The molecule has 0 radical (unpaired) electrons. The summed E-state index contributed by atoms with van der Waals surface area (Å²) >= 11 is 0. The number of rotatable bonds is 4. The molecule has 1 aliphatic heterocycles. The third-order valence-electron chi connectivity index (χ3n) is 3.52. The minimum absolute atomic E-state index is 0.00811. The number of carboxylic acids is 1. The molecule has 6 heteroatoms. The lowest BCUT2D eigenvalue weighted by Crippen LogP contribution is -2.32. The van der Waals surface area contributed by atoms with E-state index in [-0.39, 0.29) is 24.1 Å². The quantitative estimate of drug-likeness (QED) is 0.875. The number of hydrogen-bond acceptors (Lipinski definition) is 3. The lowest BCUT2D eigenvalue weighted by atomic mass is 9.99. The minimum atomic E-state index is -0.838. The van der Waals surface area contributed by atoms with Gasteiger partial charge in [-0.05, 0) is 18.1 Å². The van der Waals surface area contributed by atoms with E-state index in [0.717, 1.165) is 0 Å². The van der Waals surface area contributed by atoms with Crippen molar-refractivity contribution in [3.63, 3.8) is 0 Å². The number of carbonyl (C=O) groups excluding carboxylic acids is 1. The predicted molar refractivity (Wildman–Crippen MR) is 71.8 cm³/mol. The van der Waals surface area contributed by atoms with Gasteiger partial charge >= 0.3 is 5.97 Å². The molecule has 2 N–H and O–H groups in total. The molecule has 0 bridgehead atoms. The van der Waals surface area contributed by atoms with Crippen LogP contribution in [0.2, 0.25) is 0 Å². The van der Waals surface area contributed by atoms with Crippen LogP contribution < -0.4 is 5.32 Å². The zero-order chi connectivity index (χ0) is 14.7. The third kappa shape index (κ3) is 3.33. The summed E-state index contributed by atoms with van der Waals surface area (Å²) in [6.45, 7) is 2.83. The molecule has 0 saturated carbocycles. The summed E-state index contributed by atoms with van der Waals surface area (Å²) in [5.74, 6) is -2.10. The normalized spacial score (nSPS) is 22.7. The van der Waals surface area contributed by atoms with Gasteiger partial charge in [-0.15, -0.1) is 0 Å². The Hall–Kier alpha value is -1.95. The maximum absolute atomic E-state index is 13.4. The zero-order valence-corrected chi connectivity index (χ0v) is 11.2. The van der Waals surface area contributed by atoms with Crippen molar-refractivity contribution in [3.05, 3.63) is 30.1 Å². The highest BCUT2D eigenvalue weighted by Gasteiger charge is 2.35. The summed E-state index contributed by atoms with van der Waals surface area (Å²) in [6, 6.07) is 5.94. The van der Waals surface area contributed by atoms with E-state index in [1.54, 1.807) is 17.0 Å². The first kappa shape index (κ1) is 14.5. The summed E-state index contributed by atoms with van der Waals surface area (Å²) in [4.78, 5) is 24.6. The standard InChI is InChI=1S/C14H17FN2O3/c1-9-6-17(7-10(9)14(19)20)8-13(18)16-12-5-3-2-4-11(12)15/h2-5,9-10H,6-8H2,1H3,(H,16,18)(H,19,20). The van der Waals surface area contributed by atoms with Gasteiger partial charge < -0.3 is 10.4 Å². The Morgan fingerprint density at radius 3 is 2.70 bits per heavy atom. The number of nitrogens with zero attached hydrogens (tertiary/aromatic N) is 1. The van der Waals surface area contributed by atoms with E-state index in [0.29, 0.717) is 13.1 Å². The molecule has 0 aromatic heterocycles. The molecule has 0 spiro atoms. The van der Waals surface area contributed by atoms with Crippen LogP contribution in [0.3, 0.4) is 0 Å². The molecule has 1 aliphatic rings. The fraction of sp³-hybridized carbons (Fsp3) is 0.429. The first-order valence-corrected chi connectivity index (χ1v) is 6.47. The molecule has 1 aromatic carbocycles. The average molecular weight is 280 g/mol. The maximum Gasteiger partial charge on any atom is 0.308 e. The molecule has 1 heterocycles. The Morgan fingerprint density at radius 1 is 1.40 bits per heavy atom. The number of nitrogens with one attached hydrogen (secondary N) is 1. The maximum atomic E-state index is 13.4. The second-order valence-electron chi connectivity index (χ2n) is 5.14. The number of anilines is 1. The topological polar surface area (TPSA) is 69.6 Å². The smallest absolute Gasteiger partial charge is 0.308 e. The van der Waals surface area contributed by atoms with Gasteiger partial charge in [0.15, 0.2) is 0 Å². The molecule has 5 nitrogen and oxygen atoms in total. The van der Waals surface area contributed by atoms with Gasteiger partial charge in [0.25, 0.3) is 0 Å². The van der Waals surface area contributed by atoms with Crippen molar-refractivity contribution in [2.45, 2.75) is 6.92 Å². The van der Waals surface area contributed by atoms with E-state index in [2.05, 4.69) is 5.32 Å². The fourth-order valence-electron chi connectivity index (χ4n) is 2.47. The van der Waals surface area contributed by atoms with E-state index < -0.39 is 17.7 Å². The second kappa shape index (κ2) is 6.00. The Labute approximate surface area is 116 Å². The fourth-order valence-corrected chi connectivity index (χ4v) is 2.47. The number of carbonyl (C=O) groups is 2. The Morgan fingerprint density at radius 2 is 2.10 bits per heavy atom. The van der Waals surface area contributed by atoms with Gasteiger partial charge in [0, 0.05) is 13.1 Å². The molecule has 20 heavy (non-hydrogen) atoms. The SMILES string of the molecule is CC1CN(CC(=O)Nc2ccccc2F)CC1C(=O)O. The molecule has 2 unspecified atom stereocenters. The first-order valence-electron chi connectivity index (χ1n) is 6.47. The van der Waals surface area contributed by atoms with Gasteiger partial charge in [-0.25, -0.2) is 4.39 Å². The van der Waals surface area contributed by atoms with Crippen molar-refractivity contribution >= 4 is 17.6 Å². The highest BCUT2D eigenvalue weighted by atomic mass is 19.1. The highest BCUT2D eigenvalue weighted by Crippen LogP contribution is 2.23. The summed E-state index contributed by atoms with van der Waals surface area (Å²) in [5, 5.41) is 11.5. The summed E-state index contributed by atoms with van der Waals surface area (Å²) < 4.78 is 13.4. The van der Waals surface area contributed by atoms with Crippen LogP contribution in [0.15, 0.2) is 24.3 Å². The van der Waals surface area contributed by atoms with Crippen molar-refractivity contribution in [2.24, 2.45) is 11.8 Å². The van der Waals surface area contributed by atoms with Crippen molar-refractivity contribution in [1.82, 2.24) is 4.90 Å². The molecule has 108 valence electrons. The number of halogens is 1. The number of aliphatic carboxylic acids is 1. The number of likely N-dealkylation sites (tertiary alicyclic amines) is 1. The van der Waals surface area contributed by atoms with E-state index in [9.17, 15) is 14.0 Å². The van der Waals surface area contributed by atoms with Gasteiger partial charge in [0.1, 0.15) is 5.82 Å². The molecule has 0 aliphatic carbocycles. The van der Waals surface area contributed by atoms with Gasteiger partial charge in [0.2, 0.25) is 5.91 Å². The first-order chi connectivity index (χ1) is 9.47. The Bertz CT molecular complexity index is 521.